The van der Waals surface area contributed by atoms with Crippen LogP contribution < -0.4 is 4.74 Å². The lowest BCUT2D eigenvalue weighted by Gasteiger charge is -2.07. The van der Waals surface area contributed by atoms with Crippen LogP contribution >= 0.6 is 0 Å². The third-order valence-electron chi connectivity index (χ3n) is 5.96. The minimum absolute atomic E-state index is 0.0621. The van der Waals surface area contributed by atoms with Crippen molar-refractivity contribution >= 4 is 5.97 Å². The molecular formula is C29H26N4O4. The Hall–Kier alpha value is -4.72. The van der Waals surface area contributed by atoms with Gasteiger partial charge in [0.2, 0.25) is 5.89 Å². The molecule has 0 saturated carbocycles. The first-order chi connectivity index (χ1) is 18.0. The van der Waals surface area contributed by atoms with Crippen LogP contribution in [0.5, 0.6) is 5.75 Å². The minimum atomic E-state index is -0.822. The molecule has 0 fully saturated rings. The van der Waals surface area contributed by atoms with Crippen LogP contribution in [0.15, 0.2) is 89.7 Å². The lowest BCUT2D eigenvalue weighted by Crippen LogP contribution is -2.01. The average Bonchev–Trinajstić information content (AvgIpc) is 3.51. The molecule has 8 nitrogen and oxygen atoms in total. The highest BCUT2D eigenvalue weighted by Gasteiger charge is 2.14. The summed E-state index contributed by atoms with van der Waals surface area (Å²) in [5.74, 6) is 1.17. The predicted molar refractivity (Wildman–Crippen MR) is 138 cm³/mol. The second kappa shape index (κ2) is 10.9. The second-order valence-electron chi connectivity index (χ2n) is 8.65. The Labute approximate surface area is 214 Å². The zero-order valence-corrected chi connectivity index (χ0v) is 20.4. The van der Waals surface area contributed by atoms with E-state index < -0.39 is 5.97 Å². The molecule has 0 spiro atoms. The van der Waals surface area contributed by atoms with Crippen LogP contribution in [-0.2, 0) is 24.4 Å². The summed E-state index contributed by atoms with van der Waals surface area (Å²) in [6.45, 7) is 2.73. The van der Waals surface area contributed by atoms with Crippen LogP contribution in [0.25, 0.3) is 22.7 Å². The van der Waals surface area contributed by atoms with Gasteiger partial charge < -0.3 is 14.3 Å². The summed E-state index contributed by atoms with van der Waals surface area (Å²) in [5, 5.41) is 13.9. The SMILES string of the molecule is Cc1oc(-c2ccncc2)nc1COc1ccc(Cn2cc(CCC(=O)O)c(-c3ccccc3)n2)cc1. The first-order valence-electron chi connectivity index (χ1n) is 12.0. The van der Waals surface area contributed by atoms with Crippen molar-refractivity contribution in [2.75, 3.05) is 0 Å². The van der Waals surface area contributed by atoms with Crippen LogP contribution in [-0.4, -0.2) is 30.8 Å². The Kier molecular flexibility index (Phi) is 7.07. The molecule has 0 radical (unpaired) electrons. The number of aromatic nitrogens is 4. The zero-order chi connectivity index (χ0) is 25.6. The summed E-state index contributed by atoms with van der Waals surface area (Å²) < 4.78 is 13.6. The second-order valence-corrected chi connectivity index (χ2v) is 8.65. The molecule has 3 aromatic heterocycles. The summed E-state index contributed by atoms with van der Waals surface area (Å²) in [7, 11) is 0. The lowest BCUT2D eigenvalue weighted by molar-refractivity contribution is -0.136. The van der Waals surface area contributed by atoms with Crippen molar-refractivity contribution in [3.63, 3.8) is 0 Å². The largest absolute Gasteiger partial charge is 0.487 e. The van der Waals surface area contributed by atoms with E-state index in [9.17, 15) is 4.79 Å². The van der Waals surface area contributed by atoms with Crippen LogP contribution in [0.4, 0.5) is 0 Å². The van der Waals surface area contributed by atoms with Crippen LogP contribution in [0, 0.1) is 6.92 Å². The normalized spacial score (nSPS) is 10.9. The van der Waals surface area contributed by atoms with Crippen LogP contribution in [0.1, 0.15) is 29.0 Å². The number of rotatable bonds is 10. The number of carbonyl (C=O) groups is 1. The monoisotopic (exact) mass is 494 g/mol. The number of hydrogen-bond acceptors (Lipinski definition) is 6. The van der Waals surface area contributed by atoms with Gasteiger partial charge in [0.1, 0.15) is 23.8 Å². The smallest absolute Gasteiger partial charge is 0.303 e. The molecule has 0 aliphatic rings. The van der Waals surface area contributed by atoms with Crippen LogP contribution in [0.3, 0.4) is 0 Å². The molecule has 3 heterocycles. The van der Waals surface area contributed by atoms with Crippen molar-refractivity contribution in [3.05, 3.63) is 108 Å². The van der Waals surface area contributed by atoms with Crippen molar-refractivity contribution in [3.8, 4) is 28.5 Å². The zero-order valence-electron chi connectivity index (χ0n) is 20.4. The van der Waals surface area contributed by atoms with Crippen molar-refractivity contribution in [2.45, 2.75) is 32.9 Å². The number of ether oxygens (including phenoxy) is 1. The molecule has 0 unspecified atom stereocenters. The van der Waals surface area contributed by atoms with Crippen LogP contribution in [0.2, 0.25) is 0 Å². The fourth-order valence-electron chi connectivity index (χ4n) is 4.02. The van der Waals surface area contributed by atoms with Crippen molar-refractivity contribution in [1.29, 1.82) is 0 Å². The van der Waals surface area contributed by atoms with Gasteiger partial charge in [0.15, 0.2) is 0 Å². The van der Waals surface area contributed by atoms with Gasteiger partial charge in [-0.1, -0.05) is 42.5 Å². The number of pyridine rings is 1. The highest BCUT2D eigenvalue weighted by Crippen LogP contribution is 2.25. The van der Waals surface area contributed by atoms with E-state index in [0.717, 1.165) is 45.2 Å². The molecule has 0 aliphatic carbocycles. The molecule has 0 amide bonds. The fraction of sp³-hybridized carbons (Fsp3) is 0.172. The molecule has 1 N–H and O–H groups in total. The Morgan fingerprint density at radius 2 is 1.76 bits per heavy atom. The number of nitrogens with zero attached hydrogens (tertiary/aromatic N) is 4. The number of carboxylic acids is 1. The maximum atomic E-state index is 11.1. The number of aliphatic carboxylic acids is 1. The first kappa shape index (κ1) is 24.0. The molecule has 0 aliphatic heterocycles. The van der Waals surface area contributed by atoms with E-state index in [0.29, 0.717) is 25.5 Å². The molecule has 0 atom stereocenters. The molecule has 5 aromatic rings. The van der Waals surface area contributed by atoms with E-state index >= 15 is 0 Å². The first-order valence-corrected chi connectivity index (χ1v) is 12.0. The Balaban J connectivity index is 1.25. The fourth-order valence-corrected chi connectivity index (χ4v) is 4.02. The van der Waals surface area contributed by atoms with E-state index in [1.165, 1.54) is 0 Å². The highest BCUT2D eigenvalue weighted by atomic mass is 16.5. The Morgan fingerprint density at radius 3 is 2.49 bits per heavy atom. The van der Waals surface area contributed by atoms with Gasteiger partial charge in [-0.3, -0.25) is 14.5 Å². The lowest BCUT2D eigenvalue weighted by atomic mass is 10.0. The quantitative estimate of drug-likeness (QED) is 0.271. The molecule has 186 valence electrons. The third kappa shape index (κ3) is 5.92. The molecular weight excluding hydrogens is 468 g/mol. The Bertz CT molecular complexity index is 1480. The molecule has 37 heavy (non-hydrogen) atoms. The maximum Gasteiger partial charge on any atom is 0.303 e. The number of benzene rings is 2. The van der Waals surface area contributed by atoms with Crippen molar-refractivity contribution in [1.82, 2.24) is 19.7 Å². The van der Waals surface area contributed by atoms with Gasteiger partial charge in [-0.2, -0.15) is 5.10 Å². The molecule has 8 heteroatoms. The molecule has 0 saturated heterocycles. The van der Waals surface area contributed by atoms with Crippen molar-refractivity contribution < 1.29 is 19.1 Å². The molecule has 2 aromatic carbocycles. The third-order valence-corrected chi connectivity index (χ3v) is 5.96. The van der Waals surface area contributed by atoms with E-state index in [1.807, 2.05) is 84.5 Å². The number of carboxylic acid groups (broad SMARTS) is 1. The molecule has 5 rings (SSSR count). The molecule has 0 bridgehead atoms. The van der Waals surface area contributed by atoms with Gasteiger partial charge in [0, 0.05) is 36.1 Å². The average molecular weight is 495 g/mol. The summed E-state index contributed by atoms with van der Waals surface area (Å²) >= 11 is 0. The number of oxazole rings is 1. The summed E-state index contributed by atoms with van der Waals surface area (Å²) in [6.07, 6.45) is 5.83. The van der Waals surface area contributed by atoms with Crippen molar-refractivity contribution in [2.24, 2.45) is 0 Å². The Morgan fingerprint density at radius 1 is 1.00 bits per heavy atom. The summed E-state index contributed by atoms with van der Waals surface area (Å²) in [5.41, 5.74) is 5.37. The van der Waals surface area contributed by atoms with E-state index in [-0.39, 0.29) is 6.42 Å². The van der Waals surface area contributed by atoms with E-state index in [1.54, 1.807) is 12.4 Å². The maximum absolute atomic E-state index is 11.1. The van der Waals surface area contributed by atoms with E-state index in [4.69, 9.17) is 19.4 Å². The number of hydrogen-bond donors (Lipinski definition) is 1. The van der Waals surface area contributed by atoms with Gasteiger partial charge in [0.05, 0.1) is 12.2 Å². The predicted octanol–water partition coefficient (Wildman–Crippen LogP) is 5.55. The van der Waals surface area contributed by atoms with Gasteiger partial charge in [-0.05, 0) is 48.7 Å². The van der Waals surface area contributed by atoms with Gasteiger partial charge >= 0.3 is 5.97 Å². The van der Waals surface area contributed by atoms with Gasteiger partial charge in [-0.15, -0.1) is 0 Å². The highest BCUT2D eigenvalue weighted by molar-refractivity contribution is 5.68. The van der Waals surface area contributed by atoms with Gasteiger partial charge in [0.25, 0.3) is 0 Å². The van der Waals surface area contributed by atoms with Gasteiger partial charge in [-0.25, -0.2) is 4.98 Å². The topological polar surface area (TPSA) is 103 Å². The number of aryl methyl sites for hydroxylation is 2. The van der Waals surface area contributed by atoms with E-state index in [2.05, 4.69) is 9.97 Å². The minimum Gasteiger partial charge on any atom is -0.487 e. The standard InChI is InChI=1S/C29H26N4O4/c1-20-26(31-29(37-20)23-13-15-30-16-14-23)19-36-25-10-7-21(8-11-25)17-33-18-24(9-12-27(34)35)28(32-33)22-5-3-2-4-6-22/h2-8,10-11,13-16,18H,9,12,17,19H2,1H3,(H,34,35). The summed E-state index contributed by atoms with van der Waals surface area (Å²) in [4.78, 5) is 19.7. The summed E-state index contributed by atoms with van der Waals surface area (Å²) in [6, 6.07) is 21.4.